The van der Waals surface area contributed by atoms with Crippen LogP contribution in [0.2, 0.25) is 0 Å². The number of hydrogen-bond donors (Lipinski definition) is 0. The third kappa shape index (κ3) is 38.1. The van der Waals surface area contributed by atoms with E-state index in [4.69, 9.17) is 14.2 Å². The van der Waals surface area contributed by atoms with Crippen LogP contribution >= 0.6 is 0 Å². The molecule has 316 valence electrons. The fourth-order valence-electron chi connectivity index (χ4n) is 6.54. The maximum absolute atomic E-state index is 12.7. The lowest BCUT2D eigenvalue weighted by atomic mass is 10.1. The van der Waals surface area contributed by atoms with E-state index in [1.807, 2.05) is 0 Å². The summed E-state index contributed by atoms with van der Waals surface area (Å²) < 4.78 is 16.6. The molecule has 0 aromatic carbocycles. The fourth-order valence-corrected chi connectivity index (χ4v) is 6.54. The summed E-state index contributed by atoms with van der Waals surface area (Å²) in [6.45, 7) is 11.3. The average Bonchev–Trinajstić information content (AvgIpc) is 3.17. The van der Waals surface area contributed by atoms with Crippen molar-refractivity contribution in [2.75, 3.05) is 32.8 Å². The summed E-state index contributed by atoms with van der Waals surface area (Å²) in [7, 11) is 0. The molecule has 0 radical (unpaired) electrons. The summed E-state index contributed by atoms with van der Waals surface area (Å²) >= 11 is 0. The van der Waals surface area contributed by atoms with Gasteiger partial charge in [0.15, 0.2) is 6.10 Å². The topological polar surface area (TPSA) is 82.1 Å². The van der Waals surface area contributed by atoms with Gasteiger partial charge in [-0.1, -0.05) is 155 Å². The van der Waals surface area contributed by atoms with E-state index in [1.165, 1.54) is 109 Å². The summed E-state index contributed by atoms with van der Waals surface area (Å²) in [5.41, 5.74) is 0. The Morgan fingerprint density at radius 3 is 1.15 bits per heavy atom. The number of nitrogens with zero attached hydrogens (tertiary/aromatic N) is 1. The largest absolute Gasteiger partial charge is 0.462 e. The molecule has 0 rings (SSSR count). The van der Waals surface area contributed by atoms with E-state index in [-0.39, 0.29) is 31.1 Å². The van der Waals surface area contributed by atoms with Crippen LogP contribution in [0.3, 0.4) is 0 Å². The second kappa shape index (κ2) is 42.0. The molecule has 0 aliphatic heterocycles. The Morgan fingerprint density at radius 1 is 0.426 bits per heavy atom. The highest BCUT2D eigenvalue weighted by atomic mass is 16.6. The van der Waals surface area contributed by atoms with Crippen molar-refractivity contribution in [1.82, 2.24) is 4.90 Å². The van der Waals surface area contributed by atoms with Gasteiger partial charge >= 0.3 is 17.9 Å². The summed E-state index contributed by atoms with van der Waals surface area (Å²) in [6, 6.07) is 0. The number of ether oxygens (including phenoxy) is 3. The minimum atomic E-state index is -0.787. The molecule has 0 bridgehead atoms. The fraction of sp³-hybridized carbons (Fsp3) is 0.851. The molecule has 0 aliphatic carbocycles. The van der Waals surface area contributed by atoms with Crippen LogP contribution in [0.5, 0.6) is 0 Å². The number of esters is 3. The van der Waals surface area contributed by atoms with E-state index in [0.717, 1.165) is 77.4 Å². The molecule has 54 heavy (non-hydrogen) atoms. The van der Waals surface area contributed by atoms with Gasteiger partial charge in [-0.2, -0.15) is 0 Å². The quantitative estimate of drug-likeness (QED) is 0.0265. The molecule has 0 amide bonds. The van der Waals surface area contributed by atoms with Crippen LogP contribution in [0.4, 0.5) is 0 Å². The summed E-state index contributed by atoms with van der Waals surface area (Å²) in [5.74, 6) is -0.944. The van der Waals surface area contributed by atoms with Crippen molar-refractivity contribution in [1.29, 1.82) is 0 Å². The second-order valence-corrected chi connectivity index (χ2v) is 15.3. The van der Waals surface area contributed by atoms with Gasteiger partial charge in [0.1, 0.15) is 13.2 Å². The Hall–Kier alpha value is -2.15. The second-order valence-electron chi connectivity index (χ2n) is 15.3. The number of unbranched alkanes of at least 4 members (excludes halogenated alkanes) is 22. The van der Waals surface area contributed by atoms with E-state index in [9.17, 15) is 14.4 Å². The molecule has 1 atom stereocenters. The molecule has 0 aromatic heterocycles. The van der Waals surface area contributed by atoms with Gasteiger partial charge in [-0.25, -0.2) is 0 Å². The highest BCUT2D eigenvalue weighted by Crippen LogP contribution is 2.13. The molecule has 0 spiro atoms. The molecule has 0 fully saturated rings. The summed E-state index contributed by atoms with van der Waals surface area (Å²) in [6.07, 6.45) is 41.5. The van der Waals surface area contributed by atoms with Crippen LogP contribution < -0.4 is 0 Å². The number of carbonyl (C=O) groups is 3. The first kappa shape index (κ1) is 51.9. The molecule has 7 nitrogen and oxygen atoms in total. The molecule has 7 heteroatoms. The Labute approximate surface area is 334 Å². The number of allylic oxidation sites excluding steroid dienone is 4. The first-order valence-corrected chi connectivity index (χ1v) is 23.0. The molecule has 0 saturated carbocycles. The monoisotopic (exact) mass is 762 g/mol. The first-order valence-electron chi connectivity index (χ1n) is 23.0. The zero-order valence-electron chi connectivity index (χ0n) is 36.0. The summed E-state index contributed by atoms with van der Waals surface area (Å²) in [4.78, 5) is 39.9. The summed E-state index contributed by atoms with van der Waals surface area (Å²) in [5, 5.41) is 0. The number of rotatable bonds is 41. The average molecular weight is 762 g/mol. The standard InChI is InChI=1S/C47H87NO6/c1-5-9-11-13-15-17-19-21-23-25-27-29-31-33-35-38-45(49)52-42-44(43-53-46(50)40-37-41-48(7-3)8-4)54-47(51)39-36-34-32-30-28-26-24-22-20-18-16-14-12-10-6-2/h21-24,44H,5-20,25-43H2,1-4H3/b23-21-,24-22-. The van der Waals surface area contributed by atoms with Gasteiger partial charge < -0.3 is 19.1 Å². The van der Waals surface area contributed by atoms with Gasteiger partial charge in [-0.05, 0) is 90.3 Å². The van der Waals surface area contributed by atoms with E-state index in [1.54, 1.807) is 0 Å². The van der Waals surface area contributed by atoms with Crippen LogP contribution in [0.25, 0.3) is 0 Å². The van der Waals surface area contributed by atoms with E-state index >= 15 is 0 Å². The van der Waals surface area contributed by atoms with E-state index in [0.29, 0.717) is 25.7 Å². The SMILES string of the molecule is CCCCCCCC/C=C\CCCCCCCC(=O)OCC(COC(=O)CCCN(CC)CC)OC(=O)CCCCCCC/C=C\CCCCCCCC. The van der Waals surface area contributed by atoms with Gasteiger partial charge in [0.2, 0.25) is 0 Å². The highest BCUT2D eigenvalue weighted by Gasteiger charge is 2.19. The van der Waals surface area contributed by atoms with Gasteiger partial charge in [-0.3, -0.25) is 14.4 Å². The lowest BCUT2D eigenvalue weighted by Crippen LogP contribution is -2.31. The van der Waals surface area contributed by atoms with Gasteiger partial charge in [0, 0.05) is 19.3 Å². The van der Waals surface area contributed by atoms with Crippen molar-refractivity contribution in [3.63, 3.8) is 0 Å². The van der Waals surface area contributed by atoms with Crippen LogP contribution in [0.15, 0.2) is 24.3 Å². The normalized spacial score (nSPS) is 12.2. The zero-order valence-corrected chi connectivity index (χ0v) is 36.0. The van der Waals surface area contributed by atoms with Crippen molar-refractivity contribution in [2.45, 2.75) is 226 Å². The molecule has 1 unspecified atom stereocenters. The third-order valence-electron chi connectivity index (χ3n) is 10.2. The van der Waals surface area contributed by atoms with Gasteiger partial charge in [0.05, 0.1) is 0 Å². The van der Waals surface area contributed by atoms with Crippen molar-refractivity contribution >= 4 is 17.9 Å². The lowest BCUT2D eigenvalue weighted by Gasteiger charge is -2.19. The smallest absolute Gasteiger partial charge is 0.306 e. The molecular formula is C47H87NO6. The highest BCUT2D eigenvalue weighted by molar-refractivity contribution is 5.71. The molecule has 0 N–H and O–H groups in total. The van der Waals surface area contributed by atoms with Crippen molar-refractivity contribution in [2.24, 2.45) is 0 Å². The van der Waals surface area contributed by atoms with Crippen molar-refractivity contribution < 1.29 is 28.6 Å². The molecule has 0 heterocycles. The predicted molar refractivity (Wildman–Crippen MR) is 228 cm³/mol. The third-order valence-corrected chi connectivity index (χ3v) is 10.2. The van der Waals surface area contributed by atoms with Crippen molar-refractivity contribution in [3.05, 3.63) is 24.3 Å². The van der Waals surface area contributed by atoms with E-state index in [2.05, 4.69) is 56.9 Å². The predicted octanol–water partition coefficient (Wildman–Crippen LogP) is 13.2. The Morgan fingerprint density at radius 2 is 0.759 bits per heavy atom. The Bertz CT molecular complexity index is 899. The minimum Gasteiger partial charge on any atom is -0.462 e. The van der Waals surface area contributed by atoms with E-state index < -0.39 is 6.10 Å². The Kier molecular flexibility index (Phi) is 40.3. The van der Waals surface area contributed by atoms with Crippen LogP contribution in [0.1, 0.15) is 220 Å². The van der Waals surface area contributed by atoms with Crippen molar-refractivity contribution in [3.8, 4) is 0 Å². The number of hydrogen-bond acceptors (Lipinski definition) is 7. The first-order chi connectivity index (χ1) is 26.5. The lowest BCUT2D eigenvalue weighted by molar-refractivity contribution is -0.167. The molecule has 0 aliphatic rings. The molecule has 0 aromatic rings. The molecular weight excluding hydrogens is 675 g/mol. The maximum atomic E-state index is 12.7. The van der Waals surface area contributed by atoms with Gasteiger partial charge in [0.25, 0.3) is 0 Å². The zero-order chi connectivity index (χ0) is 39.6. The van der Waals surface area contributed by atoms with Crippen LogP contribution in [-0.4, -0.2) is 61.8 Å². The van der Waals surface area contributed by atoms with Crippen LogP contribution in [0, 0.1) is 0 Å². The van der Waals surface area contributed by atoms with Crippen LogP contribution in [-0.2, 0) is 28.6 Å². The minimum absolute atomic E-state index is 0.0885. The van der Waals surface area contributed by atoms with Gasteiger partial charge in [-0.15, -0.1) is 0 Å². The molecule has 0 saturated heterocycles. The maximum Gasteiger partial charge on any atom is 0.306 e. The Balaban J connectivity index is 4.31. The number of carbonyl (C=O) groups excluding carboxylic acids is 3.